The molecule has 1 aromatic heterocycles. The topological polar surface area (TPSA) is 59.4 Å². The number of nitrogens with two attached hydrogens (primary N) is 1. The number of aromatic hydroxyl groups is 1. The summed E-state index contributed by atoms with van der Waals surface area (Å²) in [5.74, 6) is 0.549. The second-order valence-electron chi connectivity index (χ2n) is 3.58. The molecule has 0 amide bonds. The fourth-order valence-electron chi connectivity index (χ4n) is 1.17. The van der Waals surface area contributed by atoms with Gasteiger partial charge >= 0.3 is 0 Å². The second kappa shape index (κ2) is 4.79. The normalized spacial score (nSPS) is 10.1. The average molecular weight is 209 g/mol. The maximum Gasteiger partial charge on any atom is 0.226 e. The van der Waals surface area contributed by atoms with Crippen LogP contribution >= 0.6 is 0 Å². The van der Waals surface area contributed by atoms with E-state index in [9.17, 15) is 5.11 Å². The highest BCUT2D eigenvalue weighted by molar-refractivity contribution is 5.35. The number of ether oxygens (including phenoxy) is 1. The minimum absolute atomic E-state index is 0.106. The largest absolute Gasteiger partial charge is 0.504 e. The molecule has 0 spiro atoms. The van der Waals surface area contributed by atoms with E-state index >= 15 is 0 Å². The van der Waals surface area contributed by atoms with Gasteiger partial charge in [-0.2, -0.15) is 0 Å². The maximum atomic E-state index is 9.64. The lowest BCUT2D eigenvalue weighted by Crippen LogP contribution is -2.34. The van der Waals surface area contributed by atoms with Crippen LogP contribution in [0.4, 0.5) is 0 Å². The first-order chi connectivity index (χ1) is 7.04. The van der Waals surface area contributed by atoms with E-state index in [0.717, 1.165) is 11.3 Å². The standard InChI is InChI=1S/C11H16N2O2/c1-8(2)7-15-11-6-13(3)9(5-12)4-10(11)14/h4,6H,1,5,7,12H2,2-3H3/p+1. The smallest absolute Gasteiger partial charge is 0.226 e. The molecule has 3 N–H and O–H groups in total. The van der Waals surface area contributed by atoms with Gasteiger partial charge in [0.15, 0.2) is 11.4 Å². The van der Waals surface area contributed by atoms with Crippen LogP contribution in [0.25, 0.3) is 0 Å². The third kappa shape index (κ3) is 2.95. The van der Waals surface area contributed by atoms with Gasteiger partial charge < -0.3 is 15.6 Å². The molecule has 0 unspecified atom stereocenters. The van der Waals surface area contributed by atoms with E-state index in [1.165, 1.54) is 0 Å². The van der Waals surface area contributed by atoms with Crippen LogP contribution in [0.2, 0.25) is 0 Å². The molecule has 0 fully saturated rings. The molecular formula is C11H17N2O2+. The Morgan fingerprint density at radius 1 is 1.67 bits per heavy atom. The van der Waals surface area contributed by atoms with Crippen molar-refractivity contribution in [2.24, 2.45) is 12.8 Å². The number of aryl methyl sites for hydroxylation is 1. The van der Waals surface area contributed by atoms with Gasteiger partial charge in [-0.25, -0.2) is 4.57 Å². The molecule has 1 rings (SSSR count). The van der Waals surface area contributed by atoms with E-state index in [0.29, 0.717) is 18.9 Å². The SMILES string of the molecule is C=C(C)COc1c[n+](C)c(CN)cc1O. The van der Waals surface area contributed by atoms with Crippen molar-refractivity contribution < 1.29 is 14.4 Å². The molecule has 4 nitrogen and oxygen atoms in total. The summed E-state index contributed by atoms with van der Waals surface area (Å²) in [4.78, 5) is 0. The monoisotopic (exact) mass is 209 g/mol. The summed E-state index contributed by atoms with van der Waals surface area (Å²) < 4.78 is 7.19. The Kier molecular flexibility index (Phi) is 3.68. The highest BCUT2D eigenvalue weighted by atomic mass is 16.5. The van der Waals surface area contributed by atoms with Crippen molar-refractivity contribution in [3.63, 3.8) is 0 Å². The summed E-state index contributed by atoms with van der Waals surface area (Å²) in [6, 6.07) is 1.60. The first kappa shape index (κ1) is 11.5. The molecule has 82 valence electrons. The van der Waals surface area contributed by atoms with Gasteiger partial charge in [0.1, 0.15) is 13.7 Å². The van der Waals surface area contributed by atoms with Gasteiger partial charge in [0.2, 0.25) is 11.9 Å². The van der Waals surface area contributed by atoms with Gasteiger partial charge in [-0.05, 0) is 12.5 Å². The first-order valence-electron chi connectivity index (χ1n) is 4.73. The zero-order valence-electron chi connectivity index (χ0n) is 9.16. The molecule has 0 aliphatic heterocycles. The zero-order chi connectivity index (χ0) is 11.4. The third-order valence-corrected chi connectivity index (χ3v) is 2.00. The molecule has 1 heterocycles. The van der Waals surface area contributed by atoms with E-state index in [4.69, 9.17) is 10.5 Å². The molecule has 0 saturated heterocycles. The van der Waals surface area contributed by atoms with Crippen LogP contribution in [0.15, 0.2) is 24.4 Å². The Hall–Kier alpha value is -1.55. The molecule has 4 heteroatoms. The van der Waals surface area contributed by atoms with Crippen LogP contribution in [0, 0.1) is 0 Å². The lowest BCUT2D eigenvalue weighted by Gasteiger charge is -2.07. The van der Waals surface area contributed by atoms with Crippen LogP contribution in [-0.4, -0.2) is 11.7 Å². The molecule has 15 heavy (non-hydrogen) atoms. The molecule has 0 aliphatic carbocycles. The molecule has 0 aromatic carbocycles. The lowest BCUT2D eigenvalue weighted by molar-refractivity contribution is -0.679. The highest BCUT2D eigenvalue weighted by Gasteiger charge is 2.13. The second-order valence-corrected chi connectivity index (χ2v) is 3.58. The van der Waals surface area contributed by atoms with Crippen LogP contribution in [0.3, 0.4) is 0 Å². The molecular weight excluding hydrogens is 192 g/mol. The van der Waals surface area contributed by atoms with Crippen molar-refractivity contribution in [2.75, 3.05) is 6.61 Å². The van der Waals surface area contributed by atoms with Gasteiger partial charge in [-0.1, -0.05) is 6.58 Å². The van der Waals surface area contributed by atoms with Gasteiger partial charge in [-0.3, -0.25) is 0 Å². The van der Waals surface area contributed by atoms with Crippen molar-refractivity contribution >= 4 is 0 Å². The third-order valence-electron chi connectivity index (χ3n) is 2.00. The van der Waals surface area contributed by atoms with Gasteiger partial charge in [-0.15, -0.1) is 0 Å². The summed E-state index contributed by atoms with van der Waals surface area (Å²) in [5.41, 5.74) is 7.25. The van der Waals surface area contributed by atoms with Crippen LogP contribution < -0.4 is 15.0 Å². The summed E-state index contributed by atoms with van der Waals surface area (Å²) in [6.07, 6.45) is 1.71. The van der Waals surface area contributed by atoms with Crippen LogP contribution in [0.5, 0.6) is 11.5 Å². The Morgan fingerprint density at radius 3 is 2.87 bits per heavy atom. The van der Waals surface area contributed by atoms with Crippen LogP contribution in [0.1, 0.15) is 12.6 Å². The molecule has 1 aromatic rings. The Bertz CT molecular complexity index is 375. The van der Waals surface area contributed by atoms with Crippen molar-refractivity contribution in [3.05, 3.63) is 30.1 Å². The van der Waals surface area contributed by atoms with Gasteiger partial charge in [0.05, 0.1) is 12.6 Å². The highest BCUT2D eigenvalue weighted by Crippen LogP contribution is 2.24. The molecule has 0 bridgehead atoms. The van der Waals surface area contributed by atoms with Crippen molar-refractivity contribution in [3.8, 4) is 11.5 Å². The number of pyridine rings is 1. The summed E-state index contributed by atoms with van der Waals surface area (Å²) >= 11 is 0. The van der Waals surface area contributed by atoms with Crippen molar-refractivity contribution in [1.29, 1.82) is 0 Å². The first-order valence-corrected chi connectivity index (χ1v) is 4.73. The average Bonchev–Trinajstić information content (AvgIpc) is 2.18. The number of hydrogen-bond acceptors (Lipinski definition) is 3. The van der Waals surface area contributed by atoms with E-state index in [1.54, 1.807) is 12.3 Å². The maximum absolute atomic E-state index is 9.64. The van der Waals surface area contributed by atoms with Crippen molar-refractivity contribution in [2.45, 2.75) is 13.5 Å². The minimum Gasteiger partial charge on any atom is -0.504 e. The van der Waals surface area contributed by atoms with Crippen LogP contribution in [-0.2, 0) is 13.6 Å². The molecule has 0 radical (unpaired) electrons. The van der Waals surface area contributed by atoms with E-state index in [-0.39, 0.29) is 5.75 Å². The number of rotatable bonds is 4. The van der Waals surface area contributed by atoms with E-state index < -0.39 is 0 Å². The van der Waals surface area contributed by atoms with Gasteiger partial charge in [0.25, 0.3) is 0 Å². The predicted molar refractivity (Wildman–Crippen MR) is 57.5 cm³/mol. The summed E-state index contributed by atoms with van der Waals surface area (Å²) in [5, 5.41) is 9.64. The quantitative estimate of drug-likeness (QED) is 0.565. The Balaban J connectivity index is 2.90. The van der Waals surface area contributed by atoms with Crippen molar-refractivity contribution in [1.82, 2.24) is 0 Å². The molecule has 0 atom stereocenters. The lowest BCUT2D eigenvalue weighted by atomic mass is 10.3. The summed E-state index contributed by atoms with van der Waals surface area (Å²) in [7, 11) is 1.86. The van der Waals surface area contributed by atoms with Gasteiger partial charge in [0, 0.05) is 0 Å². The summed E-state index contributed by atoms with van der Waals surface area (Å²) in [6.45, 7) is 6.37. The number of aromatic nitrogens is 1. The molecule has 0 aliphatic rings. The fraction of sp³-hybridized carbons (Fsp3) is 0.364. The Morgan fingerprint density at radius 2 is 2.33 bits per heavy atom. The Labute approximate surface area is 89.6 Å². The molecule has 0 saturated carbocycles. The number of nitrogens with zero attached hydrogens (tertiary/aromatic N) is 1. The van der Waals surface area contributed by atoms with E-state index in [2.05, 4.69) is 6.58 Å². The van der Waals surface area contributed by atoms with E-state index in [1.807, 2.05) is 18.5 Å². The zero-order valence-corrected chi connectivity index (χ0v) is 9.16. The minimum atomic E-state index is 0.106. The fourth-order valence-corrected chi connectivity index (χ4v) is 1.17. The number of hydrogen-bond donors (Lipinski definition) is 2. The predicted octanol–water partition coefficient (Wildman–Crippen LogP) is 0.630.